The van der Waals surface area contributed by atoms with E-state index in [0.29, 0.717) is 12.5 Å². The molecule has 0 radical (unpaired) electrons. The van der Waals surface area contributed by atoms with E-state index in [0.717, 1.165) is 23.4 Å². The Kier molecular flexibility index (Phi) is 6.03. The van der Waals surface area contributed by atoms with E-state index < -0.39 is 27.7 Å². The summed E-state index contributed by atoms with van der Waals surface area (Å²) in [6.07, 6.45) is -4.11. The summed E-state index contributed by atoms with van der Waals surface area (Å²) < 4.78 is 71.5. The van der Waals surface area contributed by atoms with Crippen molar-refractivity contribution in [3.05, 3.63) is 89.5 Å². The molecule has 3 aromatic rings. The van der Waals surface area contributed by atoms with Crippen LogP contribution in [0.1, 0.15) is 21.5 Å². The molecular formula is C23H19F3N2O4S. The molecule has 33 heavy (non-hydrogen) atoms. The Bertz CT molecular complexity index is 1250. The number of benzene rings is 3. The minimum absolute atomic E-state index is 0.189. The fraction of sp³-hybridized carbons (Fsp3) is 0.174. The largest absolute Gasteiger partial charge is 0.488 e. The van der Waals surface area contributed by atoms with Gasteiger partial charge in [-0.25, -0.2) is 8.42 Å². The molecule has 2 N–H and O–H groups in total. The van der Waals surface area contributed by atoms with Gasteiger partial charge in [0.2, 0.25) is 0 Å². The highest BCUT2D eigenvalue weighted by Gasteiger charge is 2.31. The number of rotatable bonds is 6. The number of hydrogen-bond donors (Lipinski definition) is 2. The third-order valence-electron chi connectivity index (χ3n) is 5.07. The lowest BCUT2D eigenvalue weighted by Gasteiger charge is -2.13. The minimum Gasteiger partial charge on any atom is -0.488 e. The smallest absolute Gasteiger partial charge is 0.416 e. The number of amides is 1. The average molecular weight is 476 g/mol. The molecule has 1 unspecified atom stereocenters. The number of sulfonamides is 1. The molecule has 0 aliphatic carbocycles. The minimum atomic E-state index is -4.59. The second-order valence-electron chi connectivity index (χ2n) is 7.47. The van der Waals surface area contributed by atoms with E-state index in [1.54, 1.807) is 0 Å². The topological polar surface area (TPSA) is 84.5 Å². The predicted octanol–water partition coefficient (Wildman–Crippen LogP) is 4.24. The van der Waals surface area contributed by atoms with E-state index in [9.17, 15) is 26.4 Å². The van der Waals surface area contributed by atoms with Gasteiger partial charge in [0, 0.05) is 17.7 Å². The maximum atomic E-state index is 12.9. The monoisotopic (exact) mass is 476 g/mol. The molecule has 1 aliphatic heterocycles. The number of anilines is 1. The Morgan fingerprint density at radius 2 is 1.73 bits per heavy atom. The van der Waals surface area contributed by atoms with Crippen LogP contribution in [0.15, 0.2) is 77.7 Å². The zero-order chi connectivity index (χ0) is 23.6. The van der Waals surface area contributed by atoms with Gasteiger partial charge in [-0.05, 0) is 54.1 Å². The standard InChI is InChI=1S/C23H19F3N2O4S/c24-23(25,26)17-5-3-6-18(13-17)28-33(30,31)20-10-8-15(9-11-20)22(29)27-14-19-12-16-4-1-2-7-21(16)32-19/h1-11,13,19,28H,12,14H2,(H,27,29). The number of halogens is 3. The highest BCUT2D eigenvalue weighted by atomic mass is 32.2. The lowest BCUT2D eigenvalue weighted by atomic mass is 10.1. The van der Waals surface area contributed by atoms with E-state index in [1.807, 2.05) is 24.3 Å². The fourth-order valence-corrected chi connectivity index (χ4v) is 4.48. The summed E-state index contributed by atoms with van der Waals surface area (Å²) in [5.41, 5.74) is 0.122. The molecule has 1 atom stereocenters. The second-order valence-corrected chi connectivity index (χ2v) is 9.15. The van der Waals surface area contributed by atoms with Gasteiger partial charge >= 0.3 is 6.18 Å². The summed E-state index contributed by atoms with van der Waals surface area (Å²) in [5, 5.41) is 2.76. The van der Waals surface area contributed by atoms with Gasteiger partial charge in [0.1, 0.15) is 11.9 Å². The molecule has 1 heterocycles. The molecule has 10 heteroatoms. The van der Waals surface area contributed by atoms with Crippen LogP contribution in [0, 0.1) is 0 Å². The highest BCUT2D eigenvalue weighted by molar-refractivity contribution is 7.92. The highest BCUT2D eigenvalue weighted by Crippen LogP contribution is 2.31. The van der Waals surface area contributed by atoms with Crippen molar-refractivity contribution in [2.45, 2.75) is 23.6 Å². The number of hydrogen-bond acceptors (Lipinski definition) is 4. The van der Waals surface area contributed by atoms with Crippen LogP contribution in [0.25, 0.3) is 0 Å². The normalized spacial score (nSPS) is 15.4. The first-order valence-corrected chi connectivity index (χ1v) is 11.4. The molecule has 0 saturated heterocycles. The molecule has 3 aromatic carbocycles. The van der Waals surface area contributed by atoms with Crippen LogP contribution < -0.4 is 14.8 Å². The molecule has 0 aromatic heterocycles. The van der Waals surface area contributed by atoms with E-state index in [2.05, 4.69) is 10.0 Å². The number of ether oxygens (including phenoxy) is 1. The lowest BCUT2D eigenvalue weighted by Crippen LogP contribution is -2.34. The third kappa shape index (κ3) is 5.28. The van der Waals surface area contributed by atoms with Crippen LogP contribution in [0.2, 0.25) is 0 Å². The quantitative estimate of drug-likeness (QED) is 0.558. The Morgan fingerprint density at radius 3 is 2.42 bits per heavy atom. The van der Waals surface area contributed by atoms with Gasteiger partial charge in [0.15, 0.2) is 0 Å². The van der Waals surface area contributed by atoms with E-state index in [1.165, 1.54) is 30.3 Å². The van der Waals surface area contributed by atoms with Crippen molar-refractivity contribution in [1.29, 1.82) is 0 Å². The second kappa shape index (κ2) is 8.78. The maximum Gasteiger partial charge on any atom is 0.416 e. The van der Waals surface area contributed by atoms with Gasteiger partial charge in [0.25, 0.3) is 15.9 Å². The van der Waals surface area contributed by atoms with Crippen LogP contribution in [-0.4, -0.2) is 27.0 Å². The van der Waals surface area contributed by atoms with E-state index in [4.69, 9.17) is 4.74 Å². The van der Waals surface area contributed by atoms with Gasteiger partial charge < -0.3 is 10.1 Å². The molecule has 0 saturated carbocycles. The predicted molar refractivity (Wildman–Crippen MR) is 116 cm³/mol. The van der Waals surface area contributed by atoms with Gasteiger partial charge in [-0.15, -0.1) is 0 Å². The summed E-state index contributed by atoms with van der Waals surface area (Å²) in [6, 6.07) is 16.6. The van der Waals surface area contributed by atoms with Crippen LogP contribution in [0.3, 0.4) is 0 Å². The van der Waals surface area contributed by atoms with Crippen molar-refractivity contribution >= 4 is 21.6 Å². The van der Waals surface area contributed by atoms with Gasteiger partial charge in [-0.3, -0.25) is 9.52 Å². The molecule has 0 fully saturated rings. The lowest BCUT2D eigenvalue weighted by molar-refractivity contribution is -0.137. The summed E-state index contributed by atoms with van der Waals surface area (Å²) in [4.78, 5) is 12.2. The number of carbonyl (C=O) groups excluding carboxylic acids is 1. The van der Waals surface area contributed by atoms with Crippen LogP contribution in [0.5, 0.6) is 5.75 Å². The maximum absolute atomic E-state index is 12.9. The Hall–Kier alpha value is -3.53. The van der Waals surface area contributed by atoms with Crippen molar-refractivity contribution in [2.24, 2.45) is 0 Å². The molecule has 6 nitrogen and oxygen atoms in total. The first-order chi connectivity index (χ1) is 15.6. The molecular weight excluding hydrogens is 457 g/mol. The van der Waals surface area contributed by atoms with Crippen molar-refractivity contribution in [2.75, 3.05) is 11.3 Å². The number of para-hydroxylation sites is 1. The van der Waals surface area contributed by atoms with Crippen LogP contribution >= 0.6 is 0 Å². The molecule has 0 spiro atoms. The Morgan fingerprint density at radius 1 is 1.00 bits per heavy atom. The Balaban J connectivity index is 1.38. The average Bonchev–Trinajstić information content (AvgIpc) is 3.20. The SMILES string of the molecule is O=C(NCC1Cc2ccccc2O1)c1ccc(S(=O)(=O)Nc2cccc(C(F)(F)F)c2)cc1. The van der Waals surface area contributed by atoms with Gasteiger partial charge in [0.05, 0.1) is 17.0 Å². The van der Waals surface area contributed by atoms with Crippen LogP contribution in [0.4, 0.5) is 18.9 Å². The Labute approximate surface area is 188 Å². The number of fused-ring (bicyclic) bond motifs is 1. The first-order valence-electron chi connectivity index (χ1n) is 9.95. The van der Waals surface area contributed by atoms with Crippen molar-refractivity contribution in [3.63, 3.8) is 0 Å². The van der Waals surface area contributed by atoms with E-state index >= 15 is 0 Å². The zero-order valence-electron chi connectivity index (χ0n) is 17.1. The third-order valence-corrected chi connectivity index (χ3v) is 6.47. The molecule has 1 amide bonds. The van der Waals surface area contributed by atoms with Gasteiger partial charge in [-0.1, -0.05) is 24.3 Å². The first kappa shape index (κ1) is 22.7. The summed E-state index contributed by atoms with van der Waals surface area (Å²) in [7, 11) is -4.14. The van der Waals surface area contributed by atoms with Crippen LogP contribution in [-0.2, 0) is 22.6 Å². The molecule has 0 bridgehead atoms. The van der Waals surface area contributed by atoms with Crippen molar-refractivity contribution in [1.82, 2.24) is 5.32 Å². The summed E-state index contributed by atoms with van der Waals surface area (Å²) >= 11 is 0. The molecule has 172 valence electrons. The number of nitrogens with one attached hydrogen (secondary N) is 2. The number of carbonyl (C=O) groups is 1. The molecule has 4 rings (SSSR count). The van der Waals surface area contributed by atoms with Crippen molar-refractivity contribution < 1.29 is 31.1 Å². The van der Waals surface area contributed by atoms with Gasteiger partial charge in [-0.2, -0.15) is 13.2 Å². The zero-order valence-corrected chi connectivity index (χ0v) is 17.9. The van der Waals surface area contributed by atoms with E-state index in [-0.39, 0.29) is 28.8 Å². The number of alkyl halides is 3. The fourth-order valence-electron chi connectivity index (χ4n) is 3.43. The summed E-state index contributed by atoms with van der Waals surface area (Å²) in [6.45, 7) is 0.282. The molecule has 1 aliphatic rings. The van der Waals surface area contributed by atoms with Crippen molar-refractivity contribution in [3.8, 4) is 5.75 Å². The summed E-state index contributed by atoms with van der Waals surface area (Å²) in [5.74, 6) is 0.393.